The van der Waals surface area contributed by atoms with E-state index in [4.69, 9.17) is 9.47 Å². The van der Waals surface area contributed by atoms with Crippen molar-refractivity contribution in [1.29, 1.82) is 0 Å². The SMILES string of the molecule is CCOC(=O)c1cnn(CCCCOC)c1. The largest absolute Gasteiger partial charge is 0.462 e. The first-order valence-electron chi connectivity index (χ1n) is 5.46. The van der Waals surface area contributed by atoms with Crippen LogP contribution in [0.4, 0.5) is 0 Å². The van der Waals surface area contributed by atoms with Crippen LogP contribution in [0.25, 0.3) is 0 Å². The van der Waals surface area contributed by atoms with E-state index < -0.39 is 0 Å². The Balaban J connectivity index is 2.36. The maximum atomic E-state index is 11.3. The van der Waals surface area contributed by atoms with Crippen LogP contribution in [0.15, 0.2) is 12.4 Å². The van der Waals surface area contributed by atoms with Gasteiger partial charge in [-0.25, -0.2) is 4.79 Å². The Bertz CT molecular complexity index is 323. The molecule has 5 heteroatoms. The maximum Gasteiger partial charge on any atom is 0.341 e. The second kappa shape index (κ2) is 7.00. The summed E-state index contributed by atoms with van der Waals surface area (Å²) in [5, 5.41) is 4.09. The molecule has 0 aliphatic heterocycles. The number of hydrogen-bond acceptors (Lipinski definition) is 4. The first kappa shape index (κ1) is 12.7. The number of aryl methyl sites for hydroxylation is 1. The number of aromatic nitrogens is 2. The highest BCUT2D eigenvalue weighted by Crippen LogP contribution is 2.02. The summed E-state index contributed by atoms with van der Waals surface area (Å²) in [4.78, 5) is 11.3. The van der Waals surface area contributed by atoms with Crippen molar-refractivity contribution in [2.75, 3.05) is 20.3 Å². The van der Waals surface area contributed by atoms with E-state index in [0.29, 0.717) is 12.2 Å². The molecule has 1 aromatic rings. The molecule has 1 rings (SSSR count). The average Bonchev–Trinajstić information content (AvgIpc) is 2.73. The third kappa shape index (κ3) is 4.02. The van der Waals surface area contributed by atoms with Crippen LogP contribution in [0, 0.1) is 0 Å². The monoisotopic (exact) mass is 226 g/mol. The maximum absolute atomic E-state index is 11.3. The third-order valence-electron chi connectivity index (χ3n) is 2.13. The van der Waals surface area contributed by atoms with Crippen LogP contribution in [0.2, 0.25) is 0 Å². The molecule has 0 amide bonds. The summed E-state index contributed by atoms with van der Waals surface area (Å²) in [6.07, 6.45) is 5.22. The van der Waals surface area contributed by atoms with E-state index in [1.807, 2.05) is 0 Å². The first-order valence-corrected chi connectivity index (χ1v) is 5.46. The predicted molar refractivity (Wildman–Crippen MR) is 59.3 cm³/mol. The number of rotatable bonds is 7. The van der Waals surface area contributed by atoms with Gasteiger partial charge < -0.3 is 9.47 Å². The van der Waals surface area contributed by atoms with Gasteiger partial charge in [-0.15, -0.1) is 0 Å². The molecule has 0 fully saturated rings. The molecule has 0 saturated heterocycles. The molecule has 0 spiro atoms. The van der Waals surface area contributed by atoms with Crippen LogP contribution in [0.5, 0.6) is 0 Å². The van der Waals surface area contributed by atoms with Gasteiger partial charge in [-0.1, -0.05) is 0 Å². The third-order valence-corrected chi connectivity index (χ3v) is 2.13. The van der Waals surface area contributed by atoms with Crippen LogP contribution in [0.3, 0.4) is 0 Å². The lowest BCUT2D eigenvalue weighted by Crippen LogP contribution is -2.04. The number of esters is 1. The minimum absolute atomic E-state index is 0.314. The van der Waals surface area contributed by atoms with E-state index in [9.17, 15) is 4.79 Å². The molecule has 16 heavy (non-hydrogen) atoms. The summed E-state index contributed by atoms with van der Waals surface area (Å²) in [5.74, 6) is -0.314. The summed E-state index contributed by atoms with van der Waals surface area (Å²) in [7, 11) is 1.69. The molecule has 0 radical (unpaired) electrons. The highest BCUT2D eigenvalue weighted by Gasteiger charge is 2.08. The minimum atomic E-state index is -0.314. The van der Waals surface area contributed by atoms with Crippen molar-refractivity contribution < 1.29 is 14.3 Å². The number of carbonyl (C=O) groups is 1. The van der Waals surface area contributed by atoms with Crippen LogP contribution in [-0.2, 0) is 16.0 Å². The summed E-state index contributed by atoms with van der Waals surface area (Å²) >= 11 is 0. The Kier molecular flexibility index (Phi) is 5.56. The molecule has 0 saturated carbocycles. The van der Waals surface area contributed by atoms with Crippen LogP contribution >= 0.6 is 0 Å². The summed E-state index contributed by atoms with van der Waals surface area (Å²) < 4.78 is 11.6. The van der Waals surface area contributed by atoms with Crippen molar-refractivity contribution in [3.8, 4) is 0 Å². The lowest BCUT2D eigenvalue weighted by Gasteiger charge is -2.00. The second-order valence-electron chi connectivity index (χ2n) is 3.41. The molecule has 0 bridgehead atoms. The van der Waals surface area contributed by atoms with Gasteiger partial charge in [0.1, 0.15) is 0 Å². The molecule has 0 aromatic carbocycles. The normalized spacial score (nSPS) is 10.4. The van der Waals surface area contributed by atoms with Crippen LogP contribution in [0.1, 0.15) is 30.1 Å². The Hall–Kier alpha value is -1.36. The fourth-order valence-corrected chi connectivity index (χ4v) is 1.33. The zero-order valence-corrected chi connectivity index (χ0v) is 9.81. The number of methoxy groups -OCH3 is 1. The summed E-state index contributed by atoms with van der Waals surface area (Å²) in [5.41, 5.74) is 0.508. The van der Waals surface area contributed by atoms with Crippen molar-refractivity contribution in [3.05, 3.63) is 18.0 Å². The highest BCUT2D eigenvalue weighted by molar-refractivity contribution is 5.88. The molecule has 1 heterocycles. The van der Waals surface area contributed by atoms with Gasteiger partial charge in [-0.2, -0.15) is 5.10 Å². The zero-order valence-electron chi connectivity index (χ0n) is 9.81. The number of carbonyl (C=O) groups excluding carboxylic acids is 1. The lowest BCUT2D eigenvalue weighted by molar-refractivity contribution is 0.0526. The molecule has 0 aliphatic rings. The van der Waals surface area contributed by atoms with Gasteiger partial charge in [0.05, 0.1) is 18.4 Å². The number of unbranched alkanes of at least 4 members (excludes halogenated alkanes) is 1. The fourth-order valence-electron chi connectivity index (χ4n) is 1.33. The van der Waals surface area contributed by atoms with Crippen molar-refractivity contribution >= 4 is 5.97 Å². The average molecular weight is 226 g/mol. The number of hydrogen-bond donors (Lipinski definition) is 0. The molecule has 0 unspecified atom stereocenters. The molecule has 90 valence electrons. The van der Waals surface area contributed by atoms with E-state index >= 15 is 0 Å². The number of nitrogens with zero attached hydrogens (tertiary/aromatic N) is 2. The molecular weight excluding hydrogens is 208 g/mol. The first-order chi connectivity index (χ1) is 7.77. The van der Waals surface area contributed by atoms with Crippen molar-refractivity contribution in [2.24, 2.45) is 0 Å². The fraction of sp³-hybridized carbons (Fsp3) is 0.636. The molecule has 1 aromatic heterocycles. The molecule has 0 aliphatic carbocycles. The smallest absolute Gasteiger partial charge is 0.341 e. The number of ether oxygens (including phenoxy) is 2. The Labute approximate surface area is 95.3 Å². The molecule has 5 nitrogen and oxygen atoms in total. The van der Waals surface area contributed by atoms with Gasteiger partial charge in [0, 0.05) is 26.5 Å². The van der Waals surface area contributed by atoms with Gasteiger partial charge in [-0.05, 0) is 19.8 Å². The van der Waals surface area contributed by atoms with Gasteiger partial charge in [0.2, 0.25) is 0 Å². The van der Waals surface area contributed by atoms with E-state index in [2.05, 4.69) is 5.10 Å². The van der Waals surface area contributed by atoms with E-state index in [0.717, 1.165) is 26.0 Å². The molecule has 0 N–H and O–H groups in total. The van der Waals surface area contributed by atoms with Gasteiger partial charge >= 0.3 is 5.97 Å². The van der Waals surface area contributed by atoms with Crippen molar-refractivity contribution in [3.63, 3.8) is 0 Å². The molecular formula is C11H18N2O3. The summed E-state index contributed by atoms with van der Waals surface area (Å²) in [6.45, 7) is 3.72. The summed E-state index contributed by atoms with van der Waals surface area (Å²) in [6, 6.07) is 0. The Morgan fingerprint density at radius 1 is 1.50 bits per heavy atom. The van der Waals surface area contributed by atoms with Crippen LogP contribution < -0.4 is 0 Å². The standard InChI is InChI=1S/C11H18N2O3/c1-3-16-11(14)10-8-12-13(9-10)6-4-5-7-15-2/h8-9H,3-7H2,1-2H3. The minimum Gasteiger partial charge on any atom is -0.462 e. The van der Waals surface area contributed by atoms with Crippen molar-refractivity contribution in [1.82, 2.24) is 9.78 Å². The quantitative estimate of drug-likeness (QED) is 0.522. The van der Waals surface area contributed by atoms with Gasteiger partial charge in [-0.3, -0.25) is 4.68 Å². The highest BCUT2D eigenvalue weighted by atomic mass is 16.5. The van der Waals surface area contributed by atoms with E-state index in [1.165, 1.54) is 6.20 Å². The Morgan fingerprint density at radius 2 is 2.31 bits per heavy atom. The molecule has 0 atom stereocenters. The lowest BCUT2D eigenvalue weighted by atomic mass is 10.3. The van der Waals surface area contributed by atoms with Crippen molar-refractivity contribution in [2.45, 2.75) is 26.3 Å². The zero-order chi connectivity index (χ0) is 11.8. The predicted octanol–water partition coefficient (Wildman–Crippen LogP) is 1.49. The van der Waals surface area contributed by atoms with Gasteiger partial charge in [0.15, 0.2) is 0 Å². The second-order valence-corrected chi connectivity index (χ2v) is 3.41. The van der Waals surface area contributed by atoms with Gasteiger partial charge in [0.25, 0.3) is 0 Å². The Morgan fingerprint density at radius 3 is 3.00 bits per heavy atom. The van der Waals surface area contributed by atoms with E-state index in [1.54, 1.807) is 24.9 Å². The van der Waals surface area contributed by atoms with E-state index in [-0.39, 0.29) is 5.97 Å². The van der Waals surface area contributed by atoms with Crippen LogP contribution in [-0.4, -0.2) is 36.1 Å². The topological polar surface area (TPSA) is 53.3 Å².